The number of carbonyl (C=O) groups is 1. The van der Waals surface area contributed by atoms with E-state index in [0.29, 0.717) is 12.2 Å². The molecule has 1 aromatic rings. The fourth-order valence-corrected chi connectivity index (χ4v) is 1.54. The van der Waals surface area contributed by atoms with Crippen molar-refractivity contribution >= 4 is 5.97 Å². The summed E-state index contributed by atoms with van der Waals surface area (Å²) in [6.45, 7) is 2.34. The summed E-state index contributed by atoms with van der Waals surface area (Å²) in [6, 6.07) is 9.76. The van der Waals surface area contributed by atoms with Crippen molar-refractivity contribution in [3.05, 3.63) is 42.0 Å². The van der Waals surface area contributed by atoms with E-state index in [1.165, 1.54) is 0 Å². The van der Waals surface area contributed by atoms with Crippen LogP contribution in [0.5, 0.6) is 5.75 Å². The third-order valence-corrected chi connectivity index (χ3v) is 2.65. The van der Waals surface area contributed by atoms with E-state index >= 15 is 0 Å². The number of benzene rings is 1. The van der Waals surface area contributed by atoms with E-state index in [4.69, 9.17) is 9.84 Å². The first kappa shape index (κ1) is 14.3. The number of unbranched alkanes of at least 4 members (excludes halogenated alkanes) is 3. The molecule has 0 spiro atoms. The normalized spacial score (nSPS) is 11.3. The lowest BCUT2D eigenvalue weighted by atomic mass is 10.1. The van der Waals surface area contributed by atoms with Gasteiger partial charge in [-0.25, -0.2) is 4.79 Å². The summed E-state index contributed by atoms with van der Waals surface area (Å²) in [4.78, 5) is 10.5. The summed E-state index contributed by atoms with van der Waals surface area (Å²) < 4.78 is 5.56. The van der Waals surface area contributed by atoms with Crippen molar-refractivity contribution in [1.82, 2.24) is 0 Å². The molecule has 0 fully saturated rings. The van der Waals surface area contributed by atoms with Crippen molar-refractivity contribution < 1.29 is 14.6 Å². The van der Waals surface area contributed by atoms with Gasteiger partial charge in [-0.1, -0.05) is 24.3 Å². The summed E-state index contributed by atoms with van der Waals surface area (Å²) in [5.41, 5.74) is 0.426. The summed E-state index contributed by atoms with van der Waals surface area (Å²) in [6.07, 6.45) is 5.65. The van der Waals surface area contributed by atoms with E-state index in [0.717, 1.165) is 31.4 Å². The Kier molecular flexibility index (Phi) is 6.62. The van der Waals surface area contributed by atoms with Gasteiger partial charge in [0.25, 0.3) is 0 Å². The van der Waals surface area contributed by atoms with Crippen molar-refractivity contribution in [3.63, 3.8) is 0 Å². The van der Waals surface area contributed by atoms with Gasteiger partial charge in [-0.2, -0.15) is 0 Å². The minimum Gasteiger partial charge on any atom is -0.494 e. The molecule has 0 unspecified atom stereocenters. The molecule has 1 N–H and O–H groups in total. The van der Waals surface area contributed by atoms with Crippen molar-refractivity contribution in [2.75, 3.05) is 6.61 Å². The molecule has 0 atom stereocenters. The molecule has 0 saturated heterocycles. The van der Waals surface area contributed by atoms with Crippen LogP contribution in [0.15, 0.2) is 42.0 Å². The molecule has 0 heterocycles. The van der Waals surface area contributed by atoms with Crippen LogP contribution in [0.2, 0.25) is 0 Å². The highest BCUT2D eigenvalue weighted by molar-refractivity contribution is 5.85. The molecule has 0 bridgehead atoms. The number of carboxylic acid groups (broad SMARTS) is 1. The van der Waals surface area contributed by atoms with Gasteiger partial charge in [0, 0.05) is 5.57 Å². The lowest BCUT2D eigenvalue weighted by molar-refractivity contribution is -0.132. The Bertz CT molecular complexity index is 382. The minimum atomic E-state index is -0.831. The highest BCUT2D eigenvalue weighted by Gasteiger charge is 1.98. The largest absolute Gasteiger partial charge is 0.494 e. The summed E-state index contributed by atoms with van der Waals surface area (Å²) in [7, 11) is 0. The number of hydrogen-bond acceptors (Lipinski definition) is 2. The molecule has 0 aliphatic heterocycles. The van der Waals surface area contributed by atoms with Gasteiger partial charge < -0.3 is 9.84 Å². The van der Waals surface area contributed by atoms with Crippen LogP contribution >= 0.6 is 0 Å². The van der Waals surface area contributed by atoms with Crippen LogP contribution < -0.4 is 4.74 Å². The van der Waals surface area contributed by atoms with Crippen LogP contribution in [0.3, 0.4) is 0 Å². The topological polar surface area (TPSA) is 46.5 Å². The molecule has 0 amide bonds. The number of hydrogen-bond donors (Lipinski definition) is 1. The van der Waals surface area contributed by atoms with Crippen LogP contribution in [0.1, 0.15) is 32.6 Å². The van der Waals surface area contributed by atoms with E-state index in [1.807, 2.05) is 30.3 Å². The van der Waals surface area contributed by atoms with Crippen LogP contribution in [0, 0.1) is 0 Å². The zero-order valence-electron chi connectivity index (χ0n) is 10.8. The Labute approximate surface area is 108 Å². The maximum Gasteiger partial charge on any atom is 0.330 e. The monoisotopic (exact) mass is 248 g/mol. The molecule has 0 aliphatic carbocycles. The smallest absolute Gasteiger partial charge is 0.330 e. The van der Waals surface area contributed by atoms with Gasteiger partial charge in [-0.05, 0) is 44.7 Å². The lowest BCUT2D eigenvalue weighted by Crippen LogP contribution is -1.97. The van der Waals surface area contributed by atoms with E-state index in [2.05, 4.69) is 0 Å². The second kappa shape index (κ2) is 8.34. The number of carboxylic acids is 1. The first-order valence-electron chi connectivity index (χ1n) is 6.28. The van der Waals surface area contributed by atoms with Crippen LogP contribution in [-0.2, 0) is 4.79 Å². The summed E-state index contributed by atoms with van der Waals surface area (Å²) >= 11 is 0. The number of para-hydroxylation sites is 1. The molecule has 3 nitrogen and oxygen atoms in total. The standard InChI is InChI=1S/C15H20O3/c1-13(15(16)17)9-5-2-3-8-12-18-14-10-6-4-7-11-14/h4,6-7,9-11H,2-3,5,8,12H2,1H3,(H,16,17). The molecule has 0 aromatic heterocycles. The van der Waals surface area contributed by atoms with E-state index in [1.54, 1.807) is 13.0 Å². The van der Waals surface area contributed by atoms with Gasteiger partial charge in [0.05, 0.1) is 6.61 Å². The third-order valence-electron chi connectivity index (χ3n) is 2.65. The second-order valence-electron chi connectivity index (χ2n) is 4.20. The minimum absolute atomic E-state index is 0.426. The Morgan fingerprint density at radius 1 is 1.22 bits per heavy atom. The molecular weight excluding hydrogens is 228 g/mol. The van der Waals surface area contributed by atoms with E-state index in [9.17, 15) is 4.79 Å². The average Bonchev–Trinajstić information content (AvgIpc) is 2.38. The fourth-order valence-electron chi connectivity index (χ4n) is 1.54. The predicted octanol–water partition coefficient (Wildman–Crippen LogP) is 3.66. The summed E-state index contributed by atoms with van der Waals surface area (Å²) in [5.74, 6) is 0.0709. The van der Waals surface area contributed by atoms with Gasteiger partial charge in [0.15, 0.2) is 0 Å². The molecule has 1 rings (SSSR count). The Balaban J connectivity index is 2.03. The molecule has 3 heteroatoms. The Morgan fingerprint density at radius 3 is 2.61 bits per heavy atom. The van der Waals surface area contributed by atoms with Crippen LogP contribution in [-0.4, -0.2) is 17.7 Å². The maximum atomic E-state index is 10.5. The molecule has 0 radical (unpaired) electrons. The quantitative estimate of drug-likeness (QED) is 0.564. The van der Waals surface area contributed by atoms with Gasteiger partial charge in [0.2, 0.25) is 0 Å². The number of ether oxygens (including phenoxy) is 1. The van der Waals surface area contributed by atoms with Crippen molar-refractivity contribution in [2.24, 2.45) is 0 Å². The Hall–Kier alpha value is -1.77. The van der Waals surface area contributed by atoms with E-state index in [-0.39, 0.29) is 0 Å². The van der Waals surface area contributed by atoms with E-state index < -0.39 is 5.97 Å². The Morgan fingerprint density at radius 2 is 1.94 bits per heavy atom. The molecule has 18 heavy (non-hydrogen) atoms. The molecule has 0 saturated carbocycles. The zero-order valence-corrected chi connectivity index (χ0v) is 10.8. The van der Waals surface area contributed by atoms with Crippen molar-refractivity contribution in [2.45, 2.75) is 32.6 Å². The third kappa shape index (κ3) is 6.09. The zero-order chi connectivity index (χ0) is 13.2. The molecule has 98 valence electrons. The second-order valence-corrected chi connectivity index (χ2v) is 4.20. The maximum absolute atomic E-state index is 10.5. The van der Waals surface area contributed by atoms with Crippen LogP contribution in [0.25, 0.3) is 0 Å². The number of aliphatic carboxylic acids is 1. The lowest BCUT2D eigenvalue weighted by Gasteiger charge is -2.05. The van der Waals surface area contributed by atoms with Gasteiger partial charge in [0.1, 0.15) is 5.75 Å². The predicted molar refractivity (Wildman–Crippen MR) is 71.8 cm³/mol. The number of allylic oxidation sites excluding steroid dienone is 1. The van der Waals surface area contributed by atoms with Gasteiger partial charge >= 0.3 is 5.97 Å². The highest BCUT2D eigenvalue weighted by atomic mass is 16.5. The molecule has 0 aliphatic rings. The highest BCUT2D eigenvalue weighted by Crippen LogP contribution is 2.10. The molecule has 1 aromatic carbocycles. The van der Waals surface area contributed by atoms with Gasteiger partial charge in [-0.3, -0.25) is 0 Å². The molecular formula is C15H20O3. The summed E-state index contributed by atoms with van der Waals surface area (Å²) in [5, 5.41) is 8.66. The van der Waals surface area contributed by atoms with Crippen molar-refractivity contribution in [3.8, 4) is 5.75 Å². The van der Waals surface area contributed by atoms with Crippen LogP contribution in [0.4, 0.5) is 0 Å². The van der Waals surface area contributed by atoms with Gasteiger partial charge in [-0.15, -0.1) is 0 Å². The first-order valence-corrected chi connectivity index (χ1v) is 6.28. The number of rotatable bonds is 8. The first-order chi connectivity index (χ1) is 8.70. The SMILES string of the molecule is CC(=CCCCCCOc1ccccc1)C(=O)O. The average molecular weight is 248 g/mol. The fraction of sp³-hybridized carbons (Fsp3) is 0.400. The van der Waals surface area contributed by atoms with Crippen molar-refractivity contribution in [1.29, 1.82) is 0 Å².